The summed E-state index contributed by atoms with van der Waals surface area (Å²) in [6.45, 7) is 0.181. The molecule has 0 saturated carbocycles. The predicted octanol–water partition coefficient (Wildman–Crippen LogP) is 3.31. The van der Waals surface area contributed by atoms with Crippen LogP contribution in [0.25, 0.3) is 17.2 Å². The lowest BCUT2D eigenvalue weighted by Crippen LogP contribution is -2.25. The Morgan fingerprint density at radius 3 is 2.44 bits per heavy atom. The second kappa shape index (κ2) is 8.31. The van der Waals surface area contributed by atoms with Crippen LogP contribution in [0.1, 0.15) is 16.2 Å². The van der Waals surface area contributed by atoms with E-state index in [1.54, 1.807) is 27.7 Å². The van der Waals surface area contributed by atoms with Gasteiger partial charge in [0.1, 0.15) is 17.7 Å². The Hall–Kier alpha value is -4.53. The number of rotatable bonds is 6. The lowest BCUT2D eigenvalue weighted by Gasteiger charge is -2.11. The number of hydrogen-bond donors (Lipinski definition) is 1. The summed E-state index contributed by atoms with van der Waals surface area (Å²) in [6.07, 6.45) is 6.74. The zero-order valence-electron chi connectivity index (χ0n) is 16.8. The van der Waals surface area contributed by atoms with E-state index in [1.165, 1.54) is 18.3 Å². The molecule has 8 nitrogen and oxygen atoms in total. The molecule has 0 aliphatic heterocycles. The maximum Gasteiger partial charge on any atom is 0.257 e. The molecule has 158 valence electrons. The quantitative estimate of drug-likeness (QED) is 0.451. The van der Waals surface area contributed by atoms with Crippen molar-refractivity contribution >= 4 is 5.91 Å². The van der Waals surface area contributed by atoms with Crippen LogP contribution < -0.4 is 5.32 Å². The first-order chi connectivity index (χ1) is 15.7. The number of halogens is 1. The van der Waals surface area contributed by atoms with Crippen LogP contribution in [0, 0.1) is 5.82 Å². The van der Waals surface area contributed by atoms with Crippen molar-refractivity contribution < 1.29 is 9.18 Å². The van der Waals surface area contributed by atoms with Gasteiger partial charge in [-0.15, -0.1) is 10.2 Å². The fraction of sp³-hybridized carbons (Fsp3) is 0.0435. The smallest absolute Gasteiger partial charge is 0.257 e. The minimum absolute atomic E-state index is 0.181. The zero-order chi connectivity index (χ0) is 21.9. The molecule has 3 aromatic heterocycles. The van der Waals surface area contributed by atoms with Crippen LogP contribution in [0.5, 0.6) is 0 Å². The van der Waals surface area contributed by atoms with Crippen LogP contribution in [0.2, 0.25) is 0 Å². The predicted molar refractivity (Wildman–Crippen MR) is 115 cm³/mol. The molecule has 0 aliphatic rings. The molecule has 0 unspecified atom stereocenters. The van der Waals surface area contributed by atoms with Crippen LogP contribution in [-0.4, -0.2) is 35.0 Å². The fourth-order valence-electron chi connectivity index (χ4n) is 3.44. The van der Waals surface area contributed by atoms with E-state index < -0.39 is 0 Å². The molecule has 0 bridgehead atoms. The van der Waals surface area contributed by atoms with Gasteiger partial charge in [-0.1, -0.05) is 18.2 Å². The largest absolute Gasteiger partial charge is 0.345 e. The first kappa shape index (κ1) is 19.4. The summed E-state index contributed by atoms with van der Waals surface area (Å²) in [5, 5.41) is 15.4. The highest BCUT2D eigenvalue weighted by atomic mass is 19.1. The van der Waals surface area contributed by atoms with Gasteiger partial charge in [-0.05, 0) is 48.5 Å². The normalized spacial score (nSPS) is 10.9. The summed E-state index contributed by atoms with van der Waals surface area (Å²) in [6, 6.07) is 19.3. The maximum atomic E-state index is 13.4. The van der Waals surface area contributed by atoms with Crippen LogP contribution in [0.4, 0.5) is 4.39 Å². The van der Waals surface area contributed by atoms with Crippen molar-refractivity contribution in [2.45, 2.75) is 6.54 Å². The molecular formula is C23H18FN7O. The van der Waals surface area contributed by atoms with Crippen molar-refractivity contribution in [1.29, 1.82) is 0 Å². The minimum atomic E-state index is -0.344. The van der Waals surface area contributed by atoms with Crippen LogP contribution in [0.3, 0.4) is 0 Å². The first-order valence-electron chi connectivity index (χ1n) is 9.90. The lowest BCUT2D eigenvalue weighted by molar-refractivity contribution is 0.0949. The number of amides is 1. The van der Waals surface area contributed by atoms with Gasteiger partial charge in [0.15, 0.2) is 11.6 Å². The molecule has 0 saturated heterocycles. The van der Waals surface area contributed by atoms with E-state index in [0.717, 1.165) is 5.69 Å². The second-order valence-electron chi connectivity index (χ2n) is 7.00. The number of carbonyl (C=O) groups excluding carboxylic acids is 1. The van der Waals surface area contributed by atoms with Crippen LogP contribution in [0.15, 0.2) is 91.6 Å². The van der Waals surface area contributed by atoms with Crippen LogP contribution >= 0.6 is 0 Å². The highest BCUT2D eigenvalue weighted by Crippen LogP contribution is 2.20. The summed E-state index contributed by atoms with van der Waals surface area (Å²) < 4.78 is 18.6. The van der Waals surface area contributed by atoms with Gasteiger partial charge in [0.05, 0.1) is 18.4 Å². The molecule has 1 N–H and O–H groups in total. The Labute approximate surface area is 182 Å². The molecule has 0 radical (unpaired) electrons. The fourth-order valence-corrected chi connectivity index (χ4v) is 3.44. The van der Waals surface area contributed by atoms with Crippen molar-refractivity contribution in [2.24, 2.45) is 0 Å². The summed E-state index contributed by atoms with van der Waals surface area (Å²) in [5.41, 5.74) is 1.91. The van der Waals surface area contributed by atoms with Crippen LogP contribution in [-0.2, 0) is 6.54 Å². The standard InChI is InChI=1S/C23H18FN7O/c24-17-8-10-19(11-9-17)31-23(29-12-4-5-13-29)20(14-27-31)22(32)25-15-21-28-26-16-30(21)18-6-2-1-3-7-18/h1-14,16H,15H2,(H,25,32). The number of nitrogens with zero attached hydrogens (tertiary/aromatic N) is 6. The van der Waals surface area contributed by atoms with E-state index in [4.69, 9.17) is 0 Å². The third-order valence-electron chi connectivity index (χ3n) is 4.97. The number of nitrogens with one attached hydrogen (secondary N) is 1. The van der Waals surface area contributed by atoms with Crippen molar-refractivity contribution in [3.63, 3.8) is 0 Å². The molecular weight excluding hydrogens is 409 g/mol. The number of aromatic nitrogens is 6. The molecule has 0 aliphatic carbocycles. The third kappa shape index (κ3) is 3.67. The van der Waals surface area contributed by atoms with E-state index >= 15 is 0 Å². The molecule has 1 amide bonds. The SMILES string of the molecule is O=C(NCc1nncn1-c1ccccc1)c1cnn(-c2ccc(F)cc2)c1-n1cccc1. The van der Waals surface area contributed by atoms with Gasteiger partial charge in [0, 0.05) is 18.1 Å². The lowest BCUT2D eigenvalue weighted by atomic mass is 10.2. The second-order valence-corrected chi connectivity index (χ2v) is 7.00. The average molecular weight is 427 g/mol. The van der Waals surface area contributed by atoms with Gasteiger partial charge in [-0.3, -0.25) is 9.36 Å². The topological polar surface area (TPSA) is 82.6 Å². The molecule has 0 fully saturated rings. The molecule has 5 rings (SSSR count). The Balaban J connectivity index is 1.44. The molecule has 3 heterocycles. The Bertz CT molecular complexity index is 1340. The van der Waals surface area contributed by atoms with E-state index in [1.807, 2.05) is 59.4 Å². The summed E-state index contributed by atoms with van der Waals surface area (Å²) in [4.78, 5) is 13.1. The Morgan fingerprint density at radius 1 is 0.938 bits per heavy atom. The van der Waals surface area contributed by atoms with Crippen molar-refractivity contribution in [3.05, 3.63) is 109 Å². The summed E-state index contributed by atoms with van der Waals surface area (Å²) in [5.74, 6) is 0.482. The highest BCUT2D eigenvalue weighted by molar-refractivity contribution is 5.97. The summed E-state index contributed by atoms with van der Waals surface area (Å²) in [7, 11) is 0. The molecule has 0 atom stereocenters. The van der Waals surface area contributed by atoms with Gasteiger partial charge in [-0.2, -0.15) is 5.10 Å². The van der Waals surface area contributed by atoms with Gasteiger partial charge < -0.3 is 9.88 Å². The maximum absolute atomic E-state index is 13.4. The highest BCUT2D eigenvalue weighted by Gasteiger charge is 2.20. The monoisotopic (exact) mass is 427 g/mol. The molecule has 0 spiro atoms. The number of para-hydroxylation sites is 1. The van der Waals surface area contributed by atoms with E-state index in [-0.39, 0.29) is 18.3 Å². The van der Waals surface area contributed by atoms with Gasteiger partial charge in [0.2, 0.25) is 0 Å². The average Bonchev–Trinajstić information content (AvgIpc) is 3.59. The number of benzene rings is 2. The zero-order valence-corrected chi connectivity index (χ0v) is 16.8. The first-order valence-corrected chi connectivity index (χ1v) is 9.90. The van der Waals surface area contributed by atoms with Gasteiger partial charge >= 0.3 is 0 Å². The van der Waals surface area contributed by atoms with Gasteiger partial charge in [0.25, 0.3) is 5.91 Å². The molecule has 2 aromatic carbocycles. The Morgan fingerprint density at radius 2 is 1.69 bits per heavy atom. The van der Waals surface area contributed by atoms with Gasteiger partial charge in [-0.25, -0.2) is 9.07 Å². The van der Waals surface area contributed by atoms with Crippen molar-refractivity contribution in [1.82, 2.24) is 34.4 Å². The van der Waals surface area contributed by atoms with E-state index in [0.29, 0.717) is 22.9 Å². The third-order valence-corrected chi connectivity index (χ3v) is 4.97. The molecule has 5 aromatic rings. The molecule has 32 heavy (non-hydrogen) atoms. The van der Waals surface area contributed by atoms with Crippen molar-refractivity contribution in [2.75, 3.05) is 0 Å². The Kier molecular flexibility index (Phi) is 5.04. The number of hydrogen-bond acceptors (Lipinski definition) is 4. The van der Waals surface area contributed by atoms with E-state index in [9.17, 15) is 9.18 Å². The summed E-state index contributed by atoms with van der Waals surface area (Å²) >= 11 is 0. The molecule has 9 heteroatoms. The van der Waals surface area contributed by atoms with Crippen molar-refractivity contribution in [3.8, 4) is 17.2 Å². The van der Waals surface area contributed by atoms with E-state index in [2.05, 4.69) is 20.6 Å². The minimum Gasteiger partial charge on any atom is -0.345 e. The number of carbonyl (C=O) groups is 1.